The van der Waals surface area contributed by atoms with Crippen LogP contribution in [-0.2, 0) is 9.59 Å². The van der Waals surface area contributed by atoms with Crippen LogP contribution in [0.1, 0.15) is 37.9 Å². The fourth-order valence-electron chi connectivity index (χ4n) is 4.53. The molecule has 0 bridgehead atoms. The number of Topliss-reactive ketones (excluding diaryl/α,β-unsaturated/α-hetero) is 1. The third-order valence-electron chi connectivity index (χ3n) is 6.31. The van der Waals surface area contributed by atoms with E-state index in [1.807, 2.05) is 31.2 Å². The van der Waals surface area contributed by atoms with Crippen LogP contribution in [0.3, 0.4) is 0 Å². The Morgan fingerprint density at radius 1 is 0.972 bits per heavy atom. The maximum Gasteiger partial charge on any atom is 0.300 e. The summed E-state index contributed by atoms with van der Waals surface area (Å²) in [5, 5.41) is 11.9. The first-order chi connectivity index (χ1) is 17.4. The summed E-state index contributed by atoms with van der Waals surface area (Å²) in [6, 6.07) is 20.5. The highest BCUT2D eigenvalue weighted by molar-refractivity contribution is 6.51. The van der Waals surface area contributed by atoms with Gasteiger partial charge in [0.2, 0.25) is 0 Å². The number of hydrogen-bond donors (Lipinski definition) is 1. The Labute approximate surface area is 216 Å². The quantitative estimate of drug-likeness (QED) is 0.224. The number of anilines is 2. The van der Waals surface area contributed by atoms with E-state index in [1.54, 1.807) is 48.5 Å². The summed E-state index contributed by atoms with van der Waals surface area (Å²) in [5.74, 6) is -1.14. The predicted octanol–water partition coefficient (Wildman–Crippen LogP) is 6.21. The topological polar surface area (TPSA) is 70.1 Å². The van der Waals surface area contributed by atoms with Gasteiger partial charge in [-0.1, -0.05) is 35.9 Å². The van der Waals surface area contributed by atoms with Gasteiger partial charge in [0.15, 0.2) is 0 Å². The van der Waals surface area contributed by atoms with E-state index in [0.717, 1.165) is 18.8 Å². The summed E-state index contributed by atoms with van der Waals surface area (Å²) in [5.41, 5.74) is 2.69. The molecule has 6 nitrogen and oxygen atoms in total. The molecule has 1 fully saturated rings. The molecule has 186 valence electrons. The molecular weight excluding hydrogens is 476 g/mol. The zero-order valence-electron chi connectivity index (χ0n) is 20.6. The number of amides is 1. The van der Waals surface area contributed by atoms with E-state index in [-0.39, 0.29) is 11.3 Å². The van der Waals surface area contributed by atoms with Crippen molar-refractivity contribution in [2.75, 3.05) is 29.5 Å². The van der Waals surface area contributed by atoms with Crippen LogP contribution in [0.25, 0.3) is 5.76 Å². The number of carbonyl (C=O) groups is 2. The SMILES string of the molecule is CCOc1cccc(/C(O)=C2/C(=O)C(=O)N(c3ccc(Cl)cc3)C2c2ccc(N(CC)CC)cc2)c1. The Bertz CT molecular complexity index is 1280. The van der Waals surface area contributed by atoms with Crippen molar-refractivity contribution in [3.05, 3.63) is 94.5 Å². The van der Waals surface area contributed by atoms with Gasteiger partial charge in [0.25, 0.3) is 11.7 Å². The predicted molar refractivity (Wildman–Crippen MR) is 144 cm³/mol. The summed E-state index contributed by atoms with van der Waals surface area (Å²) in [6.45, 7) is 8.22. The van der Waals surface area contributed by atoms with E-state index in [1.165, 1.54) is 4.90 Å². The number of halogens is 1. The summed E-state index contributed by atoms with van der Waals surface area (Å²) in [4.78, 5) is 30.3. The van der Waals surface area contributed by atoms with Crippen molar-refractivity contribution in [1.29, 1.82) is 0 Å². The molecular formula is C29H29ClN2O4. The minimum absolute atomic E-state index is 0.0270. The lowest BCUT2D eigenvalue weighted by Gasteiger charge is -2.27. The molecule has 3 aromatic carbocycles. The van der Waals surface area contributed by atoms with Crippen molar-refractivity contribution in [3.63, 3.8) is 0 Å². The molecule has 1 unspecified atom stereocenters. The van der Waals surface area contributed by atoms with Gasteiger partial charge in [-0.15, -0.1) is 0 Å². The van der Waals surface area contributed by atoms with Crippen molar-refractivity contribution in [1.82, 2.24) is 0 Å². The molecule has 1 atom stereocenters. The average Bonchev–Trinajstić information content (AvgIpc) is 3.16. The number of carbonyl (C=O) groups excluding carboxylic acids is 2. The minimum Gasteiger partial charge on any atom is -0.507 e. The third kappa shape index (κ3) is 4.82. The molecule has 0 aliphatic carbocycles. The van der Waals surface area contributed by atoms with E-state index >= 15 is 0 Å². The largest absolute Gasteiger partial charge is 0.507 e. The molecule has 0 saturated carbocycles. The van der Waals surface area contributed by atoms with Crippen LogP contribution in [0.4, 0.5) is 11.4 Å². The molecule has 36 heavy (non-hydrogen) atoms. The smallest absolute Gasteiger partial charge is 0.300 e. The van der Waals surface area contributed by atoms with Crippen LogP contribution in [0, 0.1) is 0 Å². The van der Waals surface area contributed by atoms with Crippen molar-refractivity contribution in [2.24, 2.45) is 0 Å². The second kappa shape index (κ2) is 10.9. The number of aliphatic hydroxyl groups is 1. The van der Waals surface area contributed by atoms with Gasteiger partial charge in [0, 0.05) is 35.1 Å². The standard InChI is InChI=1S/C29H29ClN2O4/c1-4-31(5-2)22-14-10-19(11-15-22)26-25(27(33)20-8-7-9-24(18-20)36-6-3)28(34)29(35)32(26)23-16-12-21(30)13-17-23/h7-18,26,33H,4-6H2,1-3H3/b27-25-. The lowest BCUT2D eigenvalue weighted by Crippen LogP contribution is -2.29. The summed E-state index contributed by atoms with van der Waals surface area (Å²) < 4.78 is 5.56. The van der Waals surface area contributed by atoms with Crippen molar-refractivity contribution in [2.45, 2.75) is 26.8 Å². The van der Waals surface area contributed by atoms with E-state index in [9.17, 15) is 14.7 Å². The molecule has 0 spiro atoms. The summed E-state index contributed by atoms with van der Waals surface area (Å²) in [7, 11) is 0. The first-order valence-electron chi connectivity index (χ1n) is 12.0. The maximum absolute atomic E-state index is 13.4. The third-order valence-corrected chi connectivity index (χ3v) is 6.56. The monoisotopic (exact) mass is 504 g/mol. The lowest BCUT2D eigenvalue weighted by molar-refractivity contribution is -0.132. The van der Waals surface area contributed by atoms with Crippen LogP contribution >= 0.6 is 11.6 Å². The van der Waals surface area contributed by atoms with Crippen LogP contribution in [-0.4, -0.2) is 36.5 Å². The van der Waals surface area contributed by atoms with Gasteiger partial charge in [-0.05, 0) is 74.9 Å². The number of ketones is 1. The highest BCUT2D eigenvalue weighted by atomic mass is 35.5. The van der Waals surface area contributed by atoms with E-state index in [0.29, 0.717) is 34.2 Å². The fraction of sp³-hybridized carbons (Fsp3) is 0.241. The normalized spacial score (nSPS) is 16.9. The zero-order valence-corrected chi connectivity index (χ0v) is 21.3. The van der Waals surface area contributed by atoms with Gasteiger partial charge < -0.3 is 14.7 Å². The molecule has 1 aliphatic rings. The molecule has 1 aliphatic heterocycles. The average molecular weight is 505 g/mol. The van der Waals surface area contributed by atoms with Crippen LogP contribution in [0.5, 0.6) is 5.75 Å². The molecule has 1 N–H and O–H groups in total. The van der Waals surface area contributed by atoms with Crippen molar-refractivity contribution < 1.29 is 19.4 Å². The second-order valence-electron chi connectivity index (χ2n) is 8.37. The summed E-state index contributed by atoms with van der Waals surface area (Å²) >= 11 is 6.07. The van der Waals surface area contributed by atoms with Gasteiger partial charge in [-0.3, -0.25) is 14.5 Å². The molecule has 1 saturated heterocycles. The molecule has 4 rings (SSSR count). The minimum atomic E-state index is -0.812. The van der Waals surface area contributed by atoms with Gasteiger partial charge in [-0.2, -0.15) is 0 Å². The summed E-state index contributed by atoms with van der Waals surface area (Å²) in [6.07, 6.45) is 0. The molecule has 1 heterocycles. The van der Waals surface area contributed by atoms with Crippen LogP contribution in [0.15, 0.2) is 78.4 Å². The Kier molecular flexibility index (Phi) is 7.65. The molecule has 3 aromatic rings. The molecule has 0 aromatic heterocycles. The maximum atomic E-state index is 13.4. The van der Waals surface area contributed by atoms with Gasteiger partial charge in [0.1, 0.15) is 11.5 Å². The number of rotatable bonds is 8. The first-order valence-corrected chi connectivity index (χ1v) is 12.4. The van der Waals surface area contributed by atoms with Crippen molar-refractivity contribution >= 4 is 40.4 Å². The van der Waals surface area contributed by atoms with Crippen LogP contribution < -0.4 is 14.5 Å². The van der Waals surface area contributed by atoms with Crippen molar-refractivity contribution in [3.8, 4) is 5.75 Å². The van der Waals surface area contributed by atoms with Gasteiger partial charge >= 0.3 is 0 Å². The Hall–Kier alpha value is -3.77. The molecule has 7 heteroatoms. The van der Waals surface area contributed by atoms with Gasteiger partial charge in [-0.25, -0.2) is 0 Å². The van der Waals surface area contributed by atoms with E-state index in [4.69, 9.17) is 16.3 Å². The van der Waals surface area contributed by atoms with E-state index < -0.39 is 17.7 Å². The number of hydrogen-bond acceptors (Lipinski definition) is 5. The zero-order chi connectivity index (χ0) is 25.8. The Morgan fingerprint density at radius 3 is 2.25 bits per heavy atom. The van der Waals surface area contributed by atoms with E-state index in [2.05, 4.69) is 18.7 Å². The second-order valence-corrected chi connectivity index (χ2v) is 8.81. The Balaban J connectivity index is 1.88. The lowest BCUT2D eigenvalue weighted by atomic mass is 9.94. The van der Waals surface area contributed by atoms with Crippen LogP contribution in [0.2, 0.25) is 5.02 Å². The van der Waals surface area contributed by atoms with Gasteiger partial charge in [0.05, 0.1) is 18.2 Å². The number of nitrogens with zero attached hydrogens (tertiary/aromatic N) is 2. The number of ether oxygens (including phenoxy) is 1. The highest BCUT2D eigenvalue weighted by Gasteiger charge is 2.47. The molecule has 1 amide bonds. The first kappa shape index (κ1) is 25.3. The Morgan fingerprint density at radius 2 is 1.64 bits per heavy atom. The fourth-order valence-corrected chi connectivity index (χ4v) is 4.65. The molecule has 0 radical (unpaired) electrons. The number of benzene rings is 3. The number of aliphatic hydroxyl groups excluding tert-OH is 1. The highest BCUT2D eigenvalue weighted by Crippen LogP contribution is 2.43.